The third kappa shape index (κ3) is 5.93. The lowest BCUT2D eigenvalue weighted by Crippen LogP contribution is -2.20. The zero-order chi connectivity index (χ0) is 15.0. The van der Waals surface area contributed by atoms with Crippen molar-refractivity contribution in [2.75, 3.05) is 19.8 Å². The maximum atomic E-state index is 5.88. The van der Waals surface area contributed by atoms with E-state index in [-0.39, 0.29) is 6.10 Å². The van der Waals surface area contributed by atoms with Crippen LogP contribution in [0.4, 0.5) is 0 Å². The molecule has 0 amide bonds. The summed E-state index contributed by atoms with van der Waals surface area (Å²) in [4.78, 5) is 0. The first-order chi connectivity index (χ1) is 9.54. The molecule has 0 saturated heterocycles. The topological polar surface area (TPSA) is 30.5 Å². The molecule has 3 heteroatoms. The van der Waals surface area contributed by atoms with E-state index in [0.717, 1.165) is 18.7 Å². The van der Waals surface area contributed by atoms with E-state index >= 15 is 0 Å². The number of ether oxygens (including phenoxy) is 2. The Morgan fingerprint density at radius 1 is 1.15 bits per heavy atom. The molecule has 0 bridgehead atoms. The van der Waals surface area contributed by atoms with Gasteiger partial charge in [-0.05, 0) is 46.7 Å². The van der Waals surface area contributed by atoms with Gasteiger partial charge in [-0.15, -0.1) is 0 Å². The van der Waals surface area contributed by atoms with Crippen LogP contribution in [0.25, 0.3) is 0 Å². The molecule has 0 aliphatic carbocycles. The summed E-state index contributed by atoms with van der Waals surface area (Å²) in [5.41, 5.74) is 2.49. The fraction of sp³-hybridized carbons (Fsp3) is 0.647. The summed E-state index contributed by atoms with van der Waals surface area (Å²) in [6.45, 7) is 12.8. The highest BCUT2D eigenvalue weighted by molar-refractivity contribution is 5.39. The van der Waals surface area contributed by atoms with Gasteiger partial charge in [0.2, 0.25) is 0 Å². The first-order valence-corrected chi connectivity index (χ1v) is 7.63. The molecule has 0 fully saturated rings. The van der Waals surface area contributed by atoms with Crippen molar-refractivity contribution in [1.82, 2.24) is 5.32 Å². The number of nitrogens with one attached hydrogen (secondary N) is 1. The summed E-state index contributed by atoms with van der Waals surface area (Å²) in [5.74, 6) is 0.957. The summed E-state index contributed by atoms with van der Waals surface area (Å²) in [7, 11) is 0. The molecule has 1 aromatic rings. The van der Waals surface area contributed by atoms with Crippen LogP contribution < -0.4 is 10.1 Å². The molecular weight excluding hydrogens is 250 g/mol. The Hall–Kier alpha value is -1.06. The van der Waals surface area contributed by atoms with Gasteiger partial charge in [0.1, 0.15) is 12.4 Å². The van der Waals surface area contributed by atoms with Crippen LogP contribution in [0, 0.1) is 6.92 Å². The van der Waals surface area contributed by atoms with Crippen LogP contribution in [-0.4, -0.2) is 25.9 Å². The van der Waals surface area contributed by atoms with Crippen LogP contribution in [0.1, 0.15) is 51.3 Å². The van der Waals surface area contributed by atoms with E-state index in [1.807, 2.05) is 13.8 Å². The van der Waals surface area contributed by atoms with Crippen LogP contribution in [0.15, 0.2) is 18.2 Å². The van der Waals surface area contributed by atoms with Gasteiger partial charge in [0.15, 0.2) is 0 Å². The van der Waals surface area contributed by atoms with Crippen LogP contribution in [0.2, 0.25) is 0 Å². The van der Waals surface area contributed by atoms with Gasteiger partial charge in [-0.3, -0.25) is 0 Å². The second-order valence-corrected chi connectivity index (χ2v) is 5.49. The van der Waals surface area contributed by atoms with E-state index in [2.05, 4.69) is 44.3 Å². The van der Waals surface area contributed by atoms with Gasteiger partial charge in [-0.1, -0.05) is 24.6 Å². The normalized spacial score (nSPS) is 12.7. The number of benzene rings is 1. The molecule has 0 aliphatic rings. The second kappa shape index (κ2) is 8.98. The van der Waals surface area contributed by atoms with E-state index in [1.54, 1.807) is 0 Å². The van der Waals surface area contributed by atoms with Crippen molar-refractivity contribution in [2.45, 2.75) is 53.2 Å². The van der Waals surface area contributed by atoms with Gasteiger partial charge in [-0.2, -0.15) is 0 Å². The highest BCUT2D eigenvalue weighted by Gasteiger charge is 2.11. The predicted molar refractivity (Wildman–Crippen MR) is 84.5 cm³/mol. The summed E-state index contributed by atoms with van der Waals surface area (Å²) in [5, 5.41) is 3.51. The van der Waals surface area contributed by atoms with E-state index in [4.69, 9.17) is 9.47 Å². The first kappa shape index (κ1) is 17.0. The molecule has 0 aromatic heterocycles. The minimum absolute atomic E-state index is 0.251. The predicted octanol–water partition coefficient (Wildman–Crippen LogP) is 3.86. The molecule has 0 radical (unpaired) electrons. The maximum Gasteiger partial charge on any atom is 0.124 e. The van der Waals surface area contributed by atoms with Crippen LogP contribution in [0.5, 0.6) is 5.75 Å². The van der Waals surface area contributed by atoms with E-state index < -0.39 is 0 Å². The van der Waals surface area contributed by atoms with Gasteiger partial charge >= 0.3 is 0 Å². The van der Waals surface area contributed by atoms with Crippen molar-refractivity contribution >= 4 is 0 Å². The lowest BCUT2D eigenvalue weighted by Gasteiger charge is -2.19. The van der Waals surface area contributed by atoms with Crippen molar-refractivity contribution in [3.63, 3.8) is 0 Å². The average Bonchev–Trinajstić information content (AvgIpc) is 2.41. The number of rotatable bonds is 9. The summed E-state index contributed by atoms with van der Waals surface area (Å²) in [6, 6.07) is 6.65. The standard InChI is InChI=1S/C17H29NO2/c1-6-9-18-15(5)16-12-14(4)7-8-17(16)20-11-10-19-13(2)3/h7-8,12-13,15,18H,6,9-11H2,1-5H3. The van der Waals surface area contributed by atoms with E-state index in [9.17, 15) is 0 Å². The molecule has 1 atom stereocenters. The third-order valence-corrected chi connectivity index (χ3v) is 3.12. The van der Waals surface area contributed by atoms with Crippen molar-refractivity contribution in [2.24, 2.45) is 0 Å². The zero-order valence-electron chi connectivity index (χ0n) is 13.5. The molecule has 114 valence electrons. The SMILES string of the molecule is CCCNC(C)c1cc(C)ccc1OCCOC(C)C. The molecule has 1 aromatic carbocycles. The highest BCUT2D eigenvalue weighted by Crippen LogP contribution is 2.26. The van der Waals surface area contributed by atoms with Gasteiger partial charge < -0.3 is 14.8 Å². The Balaban J connectivity index is 2.64. The van der Waals surface area contributed by atoms with Gasteiger partial charge in [-0.25, -0.2) is 0 Å². The van der Waals surface area contributed by atoms with Crippen LogP contribution in [0.3, 0.4) is 0 Å². The largest absolute Gasteiger partial charge is 0.491 e. The molecule has 1 rings (SSSR count). The maximum absolute atomic E-state index is 5.88. The molecule has 0 spiro atoms. The van der Waals surface area contributed by atoms with Crippen molar-refractivity contribution in [1.29, 1.82) is 0 Å². The fourth-order valence-electron chi connectivity index (χ4n) is 2.04. The van der Waals surface area contributed by atoms with Crippen molar-refractivity contribution in [3.8, 4) is 5.75 Å². The molecule has 1 N–H and O–H groups in total. The minimum Gasteiger partial charge on any atom is -0.491 e. The molecule has 20 heavy (non-hydrogen) atoms. The fourth-order valence-corrected chi connectivity index (χ4v) is 2.04. The Morgan fingerprint density at radius 3 is 2.55 bits per heavy atom. The molecule has 0 heterocycles. The first-order valence-electron chi connectivity index (χ1n) is 7.63. The molecule has 0 saturated carbocycles. The van der Waals surface area contributed by atoms with Gasteiger partial charge in [0.05, 0.1) is 12.7 Å². The smallest absolute Gasteiger partial charge is 0.124 e. The Morgan fingerprint density at radius 2 is 1.90 bits per heavy atom. The Labute approximate surface area is 123 Å². The summed E-state index contributed by atoms with van der Waals surface area (Å²) >= 11 is 0. The second-order valence-electron chi connectivity index (χ2n) is 5.49. The average molecular weight is 279 g/mol. The number of aryl methyl sites for hydroxylation is 1. The monoisotopic (exact) mass is 279 g/mol. The Bertz CT molecular complexity index is 391. The molecule has 0 aliphatic heterocycles. The third-order valence-electron chi connectivity index (χ3n) is 3.12. The Kier molecular flexibility index (Phi) is 7.63. The molecule has 3 nitrogen and oxygen atoms in total. The van der Waals surface area contributed by atoms with Gasteiger partial charge in [0, 0.05) is 11.6 Å². The van der Waals surface area contributed by atoms with Crippen LogP contribution >= 0.6 is 0 Å². The minimum atomic E-state index is 0.251. The zero-order valence-corrected chi connectivity index (χ0v) is 13.5. The number of hydrogen-bond acceptors (Lipinski definition) is 3. The summed E-state index contributed by atoms with van der Waals surface area (Å²) < 4.78 is 11.4. The van der Waals surface area contributed by atoms with Crippen molar-refractivity contribution in [3.05, 3.63) is 29.3 Å². The highest BCUT2D eigenvalue weighted by atomic mass is 16.5. The molecule has 1 unspecified atom stereocenters. The number of hydrogen-bond donors (Lipinski definition) is 1. The van der Waals surface area contributed by atoms with E-state index in [1.165, 1.54) is 11.1 Å². The molecular formula is C17H29NO2. The quantitative estimate of drug-likeness (QED) is 0.696. The van der Waals surface area contributed by atoms with Crippen molar-refractivity contribution < 1.29 is 9.47 Å². The lowest BCUT2D eigenvalue weighted by molar-refractivity contribution is 0.0549. The van der Waals surface area contributed by atoms with Gasteiger partial charge in [0.25, 0.3) is 0 Å². The summed E-state index contributed by atoms with van der Waals surface area (Å²) in [6.07, 6.45) is 1.38. The lowest BCUT2D eigenvalue weighted by atomic mass is 10.0. The van der Waals surface area contributed by atoms with E-state index in [0.29, 0.717) is 19.3 Å². The van der Waals surface area contributed by atoms with Crippen LogP contribution in [-0.2, 0) is 4.74 Å².